The molecule has 45 heavy (non-hydrogen) atoms. The van der Waals surface area contributed by atoms with Gasteiger partial charge in [0, 0.05) is 41.8 Å². The van der Waals surface area contributed by atoms with Crippen LogP contribution in [0.5, 0.6) is 0 Å². The molecule has 0 aliphatic carbocycles. The molecule has 6 rings (SSSR count). The van der Waals surface area contributed by atoms with Gasteiger partial charge < -0.3 is 0 Å². The van der Waals surface area contributed by atoms with E-state index in [2.05, 4.69) is 35.2 Å². The Kier molecular flexibility index (Phi) is 11.0. The molecule has 6 heterocycles. The van der Waals surface area contributed by atoms with E-state index in [0.29, 0.717) is 27.0 Å². The zero-order valence-electron chi connectivity index (χ0n) is 23.4. The molecule has 17 heteroatoms. The fourth-order valence-corrected chi connectivity index (χ4v) is 5.05. The molecule has 6 aromatic rings. The summed E-state index contributed by atoms with van der Waals surface area (Å²) in [4.78, 5) is 16.0. The SMILES string of the molecule is CCSc1cccnc1-n1cc2cnc(C(F)(F)F)cc2n1.CCSc1cccnc1F.FC(F)(F)c1cc2[nH]ncc2cn1. The smallest absolute Gasteiger partial charge is 0.278 e. The monoisotopic (exact) mass is 668 g/mol. The number of rotatable bonds is 5. The summed E-state index contributed by atoms with van der Waals surface area (Å²) < 4.78 is 88.6. The molecule has 0 saturated carbocycles. The Morgan fingerprint density at radius 2 is 1.36 bits per heavy atom. The van der Waals surface area contributed by atoms with Gasteiger partial charge in [-0.3, -0.25) is 15.1 Å². The first-order chi connectivity index (χ1) is 21.4. The lowest BCUT2D eigenvalue weighted by molar-refractivity contribution is -0.141. The molecule has 0 atom stereocenters. The summed E-state index contributed by atoms with van der Waals surface area (Å²) in [7, 11) is 0. The average molecular weight is 669 g/mol. The lowest BCUT2D eigenvalue weighted by Crippen LogP contribution is -2.07. The minimum absolute atomic E-state index is 0.237. The zero-order chi connectivity index (χ0) is 32.6. The molecule has 0 saturated heterocycles. The zero-order valence-corrected chi connectivity index (χ0v) is 25.1. The third kappa shape index (κ3) is 8.91. The molecule has 0 unspecified atom stereocenters. The Hall–Kier alpha value is -4.25. The Morgan fingerprint density at radius 1 is 0.756 bits per heavy atom. The minimum Gasteiger partial charge on any atom is -0.278 e. The number of fused-ring (bicyclic) bond motifs is 2. The number of halogens is 7. The maximum absolute atomic E-state index is 12.7. The summed E-state index contributed by atoms with van der Waals surface area (Å²) in [5.41, 5.74) is -1.29. The van der Waals surface area contributed by atoms with Crippen LogP contribution < -0.4 is 0 Å². The summed E-state index contributed by atoms with van der Waals surface area (Å²) in [6.07, 6.45) is -0.437. The Morgan fingerprint density at radius 3 is 2.00 bits per heavy atom. The summed E-state index contributed by atoms with van der Waals surface area (Å²) in [5.74, 6) is 1.97. The van der Waals surface area contributed by atoms with Crippen molar-refractivity contribution in [2.75, 3.05) is 11.5 Å². The number of pyridine rings is 4. The fraction of sp³-hybridized carbons (Fsp3) is 0.214. The molecule has 0 bridgehead atoms. The van der Waals surface area contributed by atoms with Gasteiger partial charge in [-0.2, -0.15) is 40.9 Å². The number of aromatic amines is 1. The van der Waals surface area contributed by atoms with Crippen LogP contribution in [0, 0.1) is 5.95 Å². The maximum Gasteiger partial charge on any atom is 0.433 e. The van der Waals surface area contributed by atoms with E-state index in [1.54, 1.807) is 36.3 Å². The van der Waals surface area contributed by atoms with Crippen molar-refractivity contribution in [3.8, 4) is 5.82 Å². The molecule has 1 N–H and O–H groups in total. The van der Waals surface area contributed by atoms with Crippen LogP contribution in [0.15, 0.2) is 83.4 Å². The summed E-state index contributed by atoms with van der Waals surface area (Å²) in [5, 5.41) is 11.3. The quantitative estimate of drug-likeness (QED) is 0.111. The minimum atomic E-state index is -4.48. The van der Waals surface area contributed by atoms with E-state index in [9.17, 15) is 30.7 Å². The van der Waals surface area contributed by atoms with Crippen LogP contribution in [0.3, 0.4) is 0 Å². The van der Waals surface area contributed by atoms with Gasteiger partial charge in [0.15, 0.2) is 5.82 Å². The standard InChI is InChI=1S/C14H11F3N4S.C7H4F3N3.C7H8FNS/c1-2-22-11-4-3-5-18-13(11)21-8-9-7-19-12(14(15,16)17)6-10(9)20-21;8-7(9,10)6-1-5-4(2-11-6)3-12-13-5;1-2-10-6-4-3-5-9-7(6)8/h3-8H,2H2,1H3;1-3H,(H,12,13);3-5H,2H2,1H3. The second-order valence-corrected chi connectivity index (χ2v) is 11.3. The molecule has 0 aliphatic rings. The average Bonchev–Trinajstić information content (AvgIpc) is 3.65. The van der Waals surface area contributed by atoms with Crippen molar-refractivity contribution in [1.29, 1.82) is 0 Å². The van der Waals surface area contributed by atoms with Crippen molar-refractivity contribution in [3.05, 3.63) is 90.9 Å². The maximum atomic E-state index is 12.7. The predicted octanol–water partition coefficient (Wildman–Crippen LogP) is 8.26. The van der Waals surface area contributed by atoms with Gasteiger partial charge in [0.05, 0.1) is 27.0 Å². The van der Waals surface area contributed by atoms with Crippen LogP contribution in [0.1, 0.15) is 25.2 Å². The topological polar surface area (TPSA) is 98.1 Å². The molecule has 0 radical (unpaired) electrons. The number of nitrogens with zero attached hydrogens (tertiary/aromatic N) is 7. The first-order valence-corrected chi connectivity index (χ1v) is 15.0. The number of alkyl halides is 6. The highest BCUT2D eigenvalue weighted by molar-refractivity contribution is 7.99. The Labute approximate surface area is 259 Å². The number of aromatic nitrogens is 8. The van der Waals surface area contributed by atoms with Crippen molar-refractivity contribution in [1.82, 2.24) is 39.9 Å². The van der Waals surface area contributed by atoms with Crippen LogP contribution in [0.25, 0.3) is 27.6 Å². The number of nitrogens with one attached hydrogen (secondary N) is 1. The second-order valence-electron chi connectivity index (χ2n) is 8.71. The van der Waals surface area contributed by atoms with Gasteiger partial charge in [0.1, 0.15) is 11.4 Å². The normalized spacial score (nSPS) is 11.6. The van der Waals surface area contributed by atoms with E-state index in [-0.39, 0.29) is 11.5 Å². The van der Waals surface area contributed by atoms with E-state index >= 15 is 0 Å². The molecule has 0 aromatic carbocycles. The summed E-state index contributed by atoms with van der Waals surface area (Å²) in [6, 6.07) is 9.07. The number of hydrogen-bond donors (Lipinski definition) is 1. The highest BCUT2D eigenvalue weighted by Crippen LogP contribution is 2.31. The molecular weight excluding hydrogens is 645 g/mol. The van der Waals surface area contributed by atoms with E-state index < -0.39 is 23.7 Å². The molecule has 6 aromatic heterocycles. The molecular formula is C28H23F7N8S2. The number of thioether (sulfide) groups is 2. The van der Waals surface area contributed by atoms with Crippen LogP contribution in [0.4, 0.5) is 30.7 Å². The van der Waals surface area contributed by atoms with E-state index in [0.717, 1.165) is 34.7 Å². The van der Waals surface area contributed by atoms with Crippen molar-refractivity contribution >= 4 is 45.3 Å². The van der Waals surface area contributed by atoms with E-state index in [4.69, 9.17) is 0 Å². The molecule has 236 valence electrons. The highest BCUT2D eigenvalue weighted by atomic mass is 32.2. The van der Waals surface area contributed by atoms with Crippen LogP contribution >= 0.6 is 23.5 Å². The second kappa shape index (κ2) is 14.7. The van der Waals surface area contributed by atoms with Crippen LogP contribution in [-0.4, -0.2) is 51.4 Å². The van der Waals surface area contributed by atoms with Gasteiger partial charge in [-0.25, -0.2) is 14.6 Å². The van der Waals surface area contributed by atoms with E-state index in [1.807, 2.05) is 26.0 Å². The molecule has 0 amide bonds. The van der Waals surface area contributed by atoms with E-state index in [1.165, 1.54) is 35.0 Å². The Bertz CT molecular complexity index is 1850. The van der Waals surface area contributed by atoms with Crippen molar-refractivity contribution in [2.24, 2.45) is 0 Å². The van der Waals surface area contributed by atoms with Gasteiger partial charge in [0.25, 0.3) is 0 Å². The number of hydrogen-bond acceptors (Lipinski definition) is 8. The summed E-state index contributed by atoms with van der Waals surface area (Å²) in [6.45, 7) is 4.00. The van der Waals surface area contributed by atoms with Gasteiger partial charge in [0.2, 0.25) is 5.95 Å². The third-order valence-electron chi connectivity index (χ3n) is 5.59. The van der Waals surface area contributed by atoms with Gasteiger partial charge in [-0.05, 0) is 47.9 Å². The largest absolute Gasteiger partial charge is 0.433 e. The van der Waals surface area contributed by atoms with Crippen molar-refractivity contribution in [3.63, 3.8) is 0 Å². The lowest BCUT2D eigenvalue weighted by atomic mass is 10.3. The molecule has 0 aliphatic heterocycles. The van der Waals surface area contributed by atoms with Gasteiger partial charge >= 0.3 is 12.4 Å². The van der Waals surface area contributed by atoms with Crippen molar-refractivity contribution in [2.45, 2.75) is 36.0 Å². The molecule has 0 fully saturated rings. The Balaban J connectivity index is 0.000000170. The van der Waals surface area contributed by atoms with Crippen LogP contribution in [0.2, 0.25) is 0 Å². The van der Waals surface area contributed by atoms with Gasteiger partial charge in [-0.15, -0.1) is 23.5 Å². The van der Waals surface area contributed by atoms with Crippen LogP contribution in [-0.2, 0) is 12.4 Å². The highest BCUT2D eigenvalue weighted by Gasteiger charge is 2.33. The molecule has 8 nitrogen and oxygen atoms in total. The van der Waals surface area contributed by atoms with Gasteiger partial charge in [-0.1, -0.05) is 13.8 Å². The summed E-state index contributed by atoms with van der Waals surface area (Å²) >= 11 is 3.06. The third-order valence-corrected chi connectivity index (χ3v) is 7.41. The molecule has 0 spiro atoms. The first kappa shape index (κ1) is 33.6. The first-order valence-electron chi connectivity index (χ1n) is 13.0. The van der Waals surface area contributed by atoms with Crippen molar-refractivity contribution < 1.29 is 30.7 Å². The number of H-pyrrole nitrogens is 1. The predicted molar refractivity (Wildman–Crippen MR) is 158 cm³/mol. The fourth-order valence-electron chi connectivity index (χ4n) is 3.63. The lowest BCUT2D eigenvalue weighted by Gasteiger charge is -2.05.